The molecule has 8 rings (SSSR count). The molecule has 11 nitrogen and oxygen atoms in total. The quantitative estimate of drug-likeness (QED) is 0.0524. The van der Waals surface area contributed by atoms with E-state index in [0.717, 1.165) is 90.3 Å². The highest BCUT2D eigenvalue weighted by Gasteiger charge is 2.48. The number of hydrogen-bond donors (Lipinski definition) is 0. The van der Waals surface area contributed by atoms with Crippen LogP contribution in [0.2, 0.25) is 51.4 Å². The number of carbonyl (C=O) groups is 1. The first kappa shape index (κ1) is 46.9. The number of benzene rings is 4. The van der Waals surface area contributed by atoms with E-state index in [1.807, 2.05) is 21.8 Å². The summed E-state index contributed by atoms with van der Waals surface area (Å²) in [6, 6.07) is 35.8. The smallest absolute Gasteiger partial charge is 0.321 e. The van der Waals surface area contributed by atoms with Gasteiger partial charge in [0.2, 0.25) is 0 Å². The second kappa shape index (κ2) is 21.3. The van der Waals surface area contributed by atoms with Gasteiger partial charge in [0.15, 0.2) is 6.29 Å². The topological polar surface area (TPSA) is 96.1 Å². The highest BCUT2D eigenvalue weighted by Crippen LogP contribution is 2.35. The van der Waals surface area contributed by atoms with Crippen LogP contribution in [0.4, 0.5) is 4.79 Å². The molecule has 0 spiro atoms. The third-order valence-corrected chi connectivity index (χ3v) is 16.3. The summed E-state index contributed by atoms with van der Waals surface area (Å²) in [4.78, 5) is 19.8. The maximum Gasteiger partial charge on any atom is 0.321 e. The number of fused-ring (bicyclic) bond motifs is 2. The number of aryl methyl sites for hydroxylation is 1. The Hall–Kier alpha value is -4.64. The monoisotopic (exact) mass is 914 g/mol. The van der Waals surface area contributed by atoms with Crippen molar-refractivity contribution in [3.8, 4) is 0 Å². The summed E-state index contributed by atoms with van der Waals surface area (Å²) in [5.74, 6) is 0. The summed E-state index contributed by atoms with van der Waals surface area (Å²) in [5, 5.41) is 11.5. The number of urea groups is 1. The number of rotatable bonds is 21. The molecule has 4 aromatic carbocycles. The van der Waals surface area contributed by atoms with Gasteiger partial charge < -0.3 is 28.7 Å². The highest BCUT2D eigenvalue weighted by molar-refractivity contribution is 6.76. The summed E-state index contributed by atoms with van der Waals surface area (Å²) < 4.78 is 29.7. The standard InChI is InChI=1S/C52H70N6O5Si2/c1-64(2,3)29-27-60-38-57-46-23-21-42(31-44(46)34-53-57)36-55-48(25-20-40-15-9-7-10-16-40)51(63-50-19-13-14-26-62-50)49(33-41-17-11-8-12-18-41)56(52(55)59)37-43-22-24-47-45(32-43)35-54-58(47)39-61-28-30-65(4,5)6/h7-12,15-18,21-24,31-32,34-35,48-51H,13-14,19-20,25-30,33,36-39H2,1-6H3/t48-,49-,50?,51-/m1/s1. The molecule has 13 heteroatoms. The van der Waals surface area contributed by atoms with Crippen molar-refractivity contribution in [2.75, 3.05) is 19.8 Å². The Morgan fingerprint density at radius 1 is 0.646 bits per heavy atom. The molecule has 2 aromatic heterocycles. The number of ether oxygens (including phenoxy) is 4. The SMILES string of the molecule is C[Si](C)(C)CCOCn1ncc2cc(CN3C(=O)N(Cc4ccc5c(cnn5COCC[Si](C)(C)C)c4)[C@H](Cc4ccccc4)[C@H](OC4CCCCO4)[C@H]3CCc3ccccc3)ccc21. The van der Waals surface area contributed by atoms with Crippen LogP contribution < -0.4 is 0 Å². The van der Waals surface area contributed by atoms with Gasteiger partial charge in [0, 0.05) is 59.8 Å². The van der Waals surface area contributed by atoms with E-state index in [2.05, 4.69) is 146 Å². The number of aromatic nitrogens is 4. The first-order valence-corrected chi connectivity index (χ1v) is 31.2. The first-order valence-electron chi connectivity index (χ1n) is 23.8. The van der Waals surface area contributed by atoms with Gasteiger partial charge in [0.1, 0.15) is 19.6 Å². The van der Waals surface area contributed by atoms with Crippen LogP contribution in [-0.2, 0) is 58.3 Å². The van der Waals surface area contributed by atoms with E-state index in [1.54, 1.807) is 0 Å². The molecule has 2 saturated heterocycles. The highest BCUT2D eigenvalue weighted by atomic mass is 28.3. The lowest BCUT2D eigenvalue weighted by Crippen LogP contribution is -2.67. The molecule has 2 fully saturated rings. The van der Waals surface area contributed by atoms with Crippen LogP contribution in [-0.4, -0.2) is 95.8 Å². The number of hydrogen-bond acceptors (Lipinski definition) is 7. The third kappa shape index (κ3) is 12.6. The molecule has 0 radical (unpaired) electrons. The molecule has 2 amide bonds. The molecule has 4 heterocycles. The van der Waals surface area contributed by atoms with Crippen molar-refractivity contribution in [1.29, 1.82) is 0 Å². The number of amides is 2. The van der Waals surface area contributed by atoms with Gasteiger partial charge in [-0.2, -0.15) is 10.2 Å². The van der Waals surface area contributed by atoms with Crippen LogP contribution in [0.15, 0.2) is 109 Å². The van der Waals surface area contributed by atoms with Gasteiger partial charge in [-0.05, 0) is 97.1 Å². The predicted molar refractivity (Wildman–Crippen MR) is 265 cm³/mol. The Labute approximate surface area is 388 Å². The Bertz CT molecular complexity index is 2440. The van der Waals surface area contributed by atoms with Crippen LogP contribution in [0, 0.1) is 0 Å². The van der Waals surface area contributed by atoms with Gasteiger partial charge in [-0.3, -0.25) is 0 Å². The van der Waals surface area contributed by atoms with Gasteiger partial charge in [-0.15, -0.1) is 0 Å². The maximum atomic E-state index is 15.7. The van der Waals surface area contributed by atoms with Crippen molar-refractivity contribution in [3.05, 3.63) is 132 Å². The molecular formula is C52H70N6O5Si2. The zero-order valence-corrected chi connectivity index (χ0v) is 41.5. The van der Waals surface area contributed by atoms with E-state index in [9.17, 15) is 0 Å². The largest absolute Gasteiger partial charge is 0.360 e. The summed E-state index contributed by atoms with van der Waals surface area (Å²) in [5.41, 5.74) is 6.53. The van der Waals surface area contributed by atoms with Gasteiger partial charge in [-0.25, -0.2) is 14.2 Å². The van der Waals surface area contributed by atoms with Gasteiger partial charge in [0.05, 0.1) is 35.5 Å². The van der Waals surface area contributed by atoms with Crippen LogP contribution in [0.3, 0.4) is 0 Å². The fourth-order valence-corrected chi connectivity index (χ4v) is 10.6. The fourth-order valence-electron chi connectivity index (χ4n) is 9.09. The van der Waals surface area contributed by atoms with Crippen molar-refractivity contribution in [2.45, 2.75) is 141 Å². The van der Waals surface area contributed by atoms with E-state index in [1.165, 1.54) is 11.1 Å². The third-order valence-electron chi connectivity index (χ3n) is 12.9. The molecule has 0 bridgehead atoms. The Kier molecular flexibility index (Phi) is 15.4. The Balaban J connectivity index is 1.13. The van der Waals surface area contributed by atoms with E-state index in [0.29, 0.717) is 39.6 Å². The van der Waals surface area contributed by atoms with Gasteiger partial charge in [0.25, 0.3) is 0 Å². The molecule has 0 aliphatic carbocycles. The van der Waals surface area contributed by atoms with Crippen LogP contribution >= 0.6 is 0 Å². The molecule has 0 saturated carbocycles. The lowest BCUT2D eigenvalue weighted by molar-refractivity contribution is -0.218. The summed E-state index contributed by atoms with van der Waals surface area (Å²) in [6.07, 6.45) is 8.27. The molecule has 346 valence electrons. The lowest BCUT2D eigenvalue weighted by atomic mass is 9.87. The number of nitrogens with zero attached hydrogens (tertiary/aromatic N) is 6. The van der Waals surface area contributed by atoms with Gasteiger partial charge >= 0.3 is 6.03 Å². The molecule has 1 unspecified atom stereocenters. The van der Waals surface area contributed by atoms with Crippen LogP contribution in [0.25, 0.3) is 21.8 Å². The average molecular weight is 915 g/mol. The maximum absolute atomic E-state index is 15.7. The zero-order valence-electron chi connectivity index (χ0n) is 39.5. The molecule has 65 heavy (non-hydrogen) atoms. The average Bonchev–Trinajstić information content (AvgIpc) is 3.89. The predicted octanol–water partition coefficient (Wildman–Crippen LogP) is 11.0. The summed E-state index contributed by atoms with van der Waals surface area (Å²) >= 11 is 0. The lowest BCUT2D eigenvalue weighted by Gasteiger charge is -2.52. The minimum atomic E-state index is -1.20. The van der Waals surface area contributed by atoms with Crippen molar-refractivity contribution < 1.29 is 23.7 Å². The zero-order chi connectivity index (χ0) is 45.4. The second-order valence-corrected chi connectivity index (χ2v) is 31.8. The minimum Gasteiger partial charge on any atom is -0.360 e. The normalized spacial score (nSPS) is 19.8. The molecule has 2 aliphatic heterocycles. The van der Waals surface area contributed by atoms with Crippen molar-refractivity contribution in [3.63, 3.8) is 0 Å². The van der Waals surface area contributed by atoms with E-state index in [4.69, 9.17) is 29.1 Å². The molecule has 4 atom stereocenters. The number of carbonyl (C=O) groups excluding carboxylic acids is 1. The minimum absolute atomic E-state index is 0.00610. The summed E-state index contributed by atoms with van der Waals surface area (Å²) in [7, 11) is -2.40. The molecule has 6 aromatic rings. The van der Waals surface area contributed by atoms with Crippen molar-refractivity contribution in [1.82, 2.24) is 29.4 Å². The fraction of sp³-hybridized carbons (Fsp3) is 0.481. The van der Waals surface area contributed by atoms with E-state index < -0.39 is 16.1 Å². The van der Waals surface area contributed by atoms with Gasteiger partial charge in [-0.1, -0.05) is 112 Å². The molecular weight excluding hydrogens is 845 g/mol. The molecule has 0 N–H and O–H groups in total. The first-order chi connectivity index (χ1) is 31.4. The molecule has 2 aliphatic rings. The van der Waals surface area contributed by atoms with Crippen LogP contribution in [0.1, 0.15) is 47.9 Å². The van der Waals surface area contributed by atoms with E-state index in [-0.39, 0.29) is 30.5 Å². The van der Waals surface area contributed by atoms with Crippen molar-refractivity contribution in [2.24, 2.45) is 0 Å². The second-order valence-electron chi connectivity index (χ2n) is 20.6. The van der Waals surface area contributed by atoms with E-state index >= 15 is 4.79 Å². The van der Waals surface area contributed by atoms with Crippen molar-refractivity contribution >= 4 is 44.0 Å². The Morgan fingerprint density at radius 2 is 1.18 bits per heavy atom. The Morgan fingerprint density at radius 3 is 1.71 bits per heavy atom. The van der Waals surface area contributed by atoms with Crippen LogP contribution in [0.5, 0.6) is 0 Å². The summed E-state index contributed by atoms with van der Waals surface area (Å²) in [6.45, 7) is 18.0.